The SMILES string of the molecule is CC[C@H](C)C(C[C@@H](O)CC(=O)O[C@@H]1[C@H](O)[C@@H](O[C@@H]2O[C@@H](C)[C@H](O[C@@H]3OC[C@@H](O)[C@H](O[C@@H]4OC[C@@H](O)[C@H](O)C4O)C3O)C(O[C@H]3O[C@@H](CO)[C@H](O)[C@@H](O)[C@@H]3O)[C@H]2O)[C@H](OC(=O)[C@]23CCC(C)(C)C[C@@]2(C)C2=CCC4[C@@]5(C)CC[C@H](O[C@@H]6O[C@H](C(=O)O)[C@@H](O)[C@H](O[C@@H]7OC[C@@H](O)[C@H](O)[C@H]7O)[C@H]6O[C@@H]6O[C@H](CO)[C@H](O)[C@H](O)[C@H]6O)[C@@](C)(C=O)C5CC[C@@]4(C)[C@]2(C)C[C@H]3O)O[C@@H]1C)OC(=O)C[C@H](O)CC(O[C@H]1O[C@H](CO)[C@@H](O)[C@@H]1O)[C@@H](C)CC. The van der Waals surface area contributed by atoms with Crippen LogP contribution >= 0.6 is 0 Å². The van der Waals surface area contributed by atoms with Gasteiger partial charge in [-0.2, -0.15) is 0 Å². The van der Waals surface area contributed by atoms with Crippen molar-refractivity contribution >= 4 is 30.2 Å². The fourth-order valence-electron chi connectivity index (χ4n) is 26.5. The number of hydrogen-bond donors (Lipinski definition) is 26. The number of esters is 3. The summed E-state index contributed by atoms with van der Waals surface area (Å²) in [6.45, 7) is 19.0. The van der Waals surface area contributed by atoms with Gasteiger partial charge in [-0.3, -0.25) is 14.4 Å². The average Bonchev–Trinajstić information content (AvgIpc) is 0.685. The van der Waals surface area contributed by atoms with Gasteiger partial charge in [0.05, 0.1) is 101 Å². The molecule has 13 fully saturated rings. The molecule has 0 aromatic heterocycles. The summed E-state index contributed by atoms with van der Waals surface area (Å²) >= 11 is 0. The molecule has 14 rings (SSSR count). The lowest BCUT2D eigenvalue weighted by Crippen LogP contribution is -2.71. The number of carbonyl (C=O) groups excluding carboxylic acids is 4. The molecule has 14 aliphatic rings. The van der Waals surface area contributed by atoms with Gasteiger partial charge >= 0.3 is 23.9 Å². The number of hydrogen-bond acceptors (Lipinski definition) is 50. The number of aliphatic carboxylic acids is 1. The molecular weight excluding hydrogens is 2010 g/mol. The van der Waals surface area contributed by atoms with Crippen LogP contribution in [-0.2, 0) is 119 Å². The Morgan fingerprint density at radius 1 is 0.433 bits per heavy atom. The van der Waals surface area contributed by atoms with Gasteiger partial charge in [0.2, 0.25) is 6.29 Å². The third kappa shape index (κ3) is 23.2. The molecule has 26 N–H and O–H groups in total. The molecule has 0 radical (unpaired) electrons. The molecule has 0 aromatic carbocycles. The monoisotopic (exact) mass is 2160 g/mol. The zero-order valence-corrected chi connectivity index (χ0v) is 86.3. The van der Waals surface area contributed by atoms with E-state index >= 15 is 4.79 Å². The van der Waals surface area contributed by atoms with E-state index in [-0.39, 0.29) is 69.6 Å². The second-order valence-corrected chi connectivity index (χ2v) is 45.9. The predicted molar refractivity (Wildman–Crippen MR) is 495 cm³/mol. The molecule has 862 valence electrons. The smallest absolute Gasteiger partial charge is 0.335 e. The minimum Gasteiger partial charge on any atom is -0.479 e. The maximum Gasteiger partial charge on any atom is 0.335 e. The maximum atomic E-state index is 16.9. The first kappa shape index (κ1) is 121. The molecule has 0 amide bonds. The average molecular weight is 2170 g/mol. The Hall–Kier alpha value is -4.39. The number of aliphatic hydroxyl groups is 25. The van der Waals surface area contributed by atoms with E-state index in [1.54, 1.807) is 27.7 Å². The minimum atomic E-state index is -2.39. The summed E-state index contributed by atoms with van der Waals surface area (Å²) < 4.78 is 122. The van der Waals surface area contributed by atoms with Gasteiger partial charge in [-0.15, -0.1) is 0 Å². The third-order valence-corrected chi connectivity index (χ3v) is 35.8. The number of carbonyl (C=O) groups is 5. The Balaban J connectivity index is 0.756. The van der Waals surface area contributed by atoms with Gasteiger partial charge in [-0.05, 0) is 117 Å². The summed E-state index contributed by atoms with van der Waals surface area (Å²) in [6, 6.07) is 0. The molecule has 4 saturated carbocycles. The van der Waals surface area contributed by atoms with Crippen LogP contribution in [0.5, 0.6) is 0 Å². The Morgan fingerprint density at radius 3 is 1.45 bits per heavy atom. The minimum absolute atomic E-state index is 0.00159. The molecule has 0 aromatic rings. The second-order valence-electron chi connectivity index (χ2n) is 45.9. The third-order valence-electron chi connectivity index (χ3n) is 35.8. The maximum absolute atomic E-state index is 16.9. The molecule has 57 atom stereocenters. The standard InChI is InChI=1S/C99H160O51/c1-14-37(3)46(136-56(110)26-42(105)25-47(38(4)15-2)137-86-67(121)62(116)50(31-102)138-86)24-41(104)27-57(111)142-74-39(5)135-90(80(70(74)124)148-89-73(127)78(146-87-68(122)63(117)60(114)48(29-100)139-87)75(40(6)134-89)143-85-72(126)76(45(108)34-133-85)144-83-65(119)58(112)43(106)32-131-83)150-92(130)99-23-22-93(7,8)35-98(99,13)53-17-16-52-94(9)20-19-55(95(10,36-103)51(94)18-21-96(52,11)97(53,12)28-54(99)109)141-91-81(149-88-69(123)64(118)61(115)49(30-101)140-88)77(71(125)79(147-91)82(128)129)145-84-66(120)59(113)44(107)33-132-84/h17,36-52,54-55,58-81,83-91,100-102,104-109,112-127H,14-16,18-35H2,1-13H3,(H,128,129)/t37-,38-,39+,40-,41+,42+,43+,44+,45+,46?,47?,48-,49+,50+,51?,52?,54+,55-,58-,59-,60-,61-,62+,63+,64-,65?,66+,67-,68-,69+,70-,71-,72?,73+,74-,75-,76-,77-,78?,79-,80+,81+,83-,84-,85-,86-,87+,88-,89-,90-,91+,94-,95-,96+,97+,98-,99+/m0/s1. The second kappa shape index (κ2) is 48.3. The molecule has 150 heavy (non-hydrogen) atoms. The molecule has 0 bridgehead atoms. The van der Waals surface area contributed by atoms with Crippen molar-refractivity contribution in [2.75, 3.05) is 39.6 Å². The highest BCUT2D eigenvalue weighted by Gasteiger charge is 2.77. The van der Waals surface area contributed by atoms with Crippen molar-refractivity contribution in [2.45, 2.75) is 475 Å². The molecule has 5 aliphatic carbocycles. The van der Waals surface area contributed by atoms with E-state index in [9.17, 15) is 152 Å². The van der Waals surface area contributed by atoms with Gasteiger partial charge in [0.25, 0.3) is 0 Å². The Bertz CT molecular complexity index is 4490. The molecule has 7 unspecified atom stereocenters. The van der Waals surface area contributed by atoms with Crippen LogP contribution in [0.2, 0.25) is 0 Å². The van der Waals surface area contributed by atoms with Crippen LogP contribution < -0.4 is 0 Å². The lowest BCUT2D eigenvalue weighted by atomic mass is 9.31. The van der Waals surface area contributed by atoms with E-state index in [1.165, 1.54) is 13.8 Å². The Morgan fingerprint density at radius 2 is 0.893 bits per heavy atom. The van der Waals surface area contributed by atoms with Crippen LogP contribution in [0, 0.1) is 61.6 Å². The molecule has 51 heteroatoms. The highest BCUT2D eigenvalue weighted by Crippen LogP contribution is 2.79. The molecule has 9 saturated heterocycles. The summed E-state index contributed by atoms with van der Waals surface area (Å²) in [5, 5.41) is 292. The Labute approximate surface area is 865 Å². The number of carboxylic acid groups (broad SMARTS) is 1. The number of carboxylic acids is 1. The zero-order valence-electron chi connectivity index (χ0n) is 86.3. The van der Waals surface area contributed by atoms with Crippen LogP contribution in [0.1, 0.15) is 186 Å². The summed E-state index contributed by atoms with van der Waals surface area (Å²) in [7, 11) is 0. The van der Waals surface area contributed by atoms with Crippen molar-refractivity contribution in [3.05, 3.63) is 11.6 Å². The van der Waals surface area contributed by atoms with E-state index in [0.717, 1.165) is 11.9 Å². The topological polar surface area (TPSA) is 796 Å². The van der Waals surface area contributed by atoms with Crippen LogP contribution in [0.3, 0.4) is 0 Å². The van der Waals surface area contributed by atoms with E-state index in [2.05, 4.69) is 19.9 Å². The van der Waals surface area contributed by atoms with Gasteiger partial charge in [0, 0.05) is 18.3 Å². The van der Waals surface area contributed by atoms with Crippen LogP contribution in [0.15, 0.2) is 11.6 Å². The van der Waals surface area contributed by atoms with Crippen LogP contribution in [0.4, 0.5) is 0 Å². The van der Waals surface area contributed by atoms with E-state index in [1.807, 2.05) is 34.6 Å². The van der Waals surface area contributed by atoms with Crippen LogP contribution in [0.25, 0.3) is 0 Å². The normalized spacial score (nSPS) is 49.5. The Kier molecular flexibility index (Phi) is 38.9. The summed E-state index contributed by atoms with van der Waals surface area (Å²) in [6.07, 6.45) is -83.8. The first-order valence-corrected chi connectivity index (χ1v) is 52.2. The first-order chi connectivity index (χ1) is 70.4. The summed E-state index contributed by atoms with van der Waals surface area (Å²) in [5.74, 6) is -6.83. The lowest BCUT2D eigenvalue weighted by molar-refractivity contribution is -0.397. The zero-order chi connectivity index (χ0) is 110. The molecule has 51 nitrogen and oxygen atoms in total. The predicted octanol–water partition coefficient (Wildman–Crippen LogP) is -7.47. The van der Waals surface area contributed by atoms with Gasteiger partial charge < -0.3 is 232 Å². The fourth-order valence-corrected chi connectivity index (χ4v) is 26.5. The van der Waals surface area contributed by atoms with Crippen molar-refractivity contribution in [1.82, 2.24) is 0 Å². The quantitative estimate of drug-likeness (QED) is 0.00903. The van der Waals surface area contributed by atoms with E-state index < -0.39 is 421 Å². The van der Waals surface area contributed by atoms with Gasteiger partial charge in [0.15, 0.2) is 68.6 Å². The molecule has 0 spiro atoms. The van der Waals surface area contributed by atoms with Crippen molar-refractivity contribution < 1.29 is 251 Å². The number of rotatable bonds is 37. The van der Waals surface area contributed by atoms with Gasteiger partial charge in [-0.1, -0.05) is 101 Å². The van der Waals surface area contributed by atoms with E-state index in [0.29, 0.717) is 19.3 Å². The molecule has 9 heterocycles. The molecule has 9 aliphatic heterocycles. The number of aldehydes is 1. The summed E-state index contributed by atoms with van der Waals surface area (Å²) in [5.41, 5.74) is -7.54. The van der Waals surface area contributed by atoms with E-state index in [4.69, 9.17) is 94.7 Å². The van der Waals surface area contributed by atoms with Crippen molar-refractivity contribution in [3.63, 3.8) is 0 Å². The number of fused-ring (bicyclic) bond motifs is 7. The van der Waals surface area contributed by atoms with Crippen LogP contribution in [-0.4, -0.2) is 491 Å². The van der Waals surface area contributed by atoms with Crippen molar-refractivity contribution in [3.8, 4) is 0 Å². The lowest BCUT2D eigenvalue weighted by Gasteiger charge is -2.73. The highest BCUT2D eigenvalue weighted by molar-refractivity contribution is 5.81. The highest BCUT2D eigenvalue weighted by atomic mass is 16.8. The first-order valence-electron chi connectivity index (χ1n) is 52.2. The number of ether oxygens (including phenoxy) is 20. The number of allylic oxidation sites excluding steroid dienone is 2. The number of aliphatic hydroxyl groups excluding tert-OH is 25. The molecular formula is C99H160O51. The van der Waals surface area contributed by atoms with Gasteiger partial charge in [0.1, 0.15) is 183 Å². The van der Waals surface area contributed by atoms with Crippen molar-refractivity contribution in [2.24, 2.45) is 61.6 Å². The largest absolute Gasteiger partial charge is 0.479 e. The summed E-state index contributed by atoms with van der Waals surface area (Å²) in [4.78, 5) is 73.2. The van der Waals surface area contributed by atoms with Crippen molar-refractivity contribution in [1.29, 1.82) is 0 Å². The van der Waals surface area contributed by atoms with Gasteiger partial charge in [-0.25, -0.2) is 4.79 Å². The fraction of sp³-hybridized carbons (Fsp3) is 0.929.